The first-order valence-corrected chi connectivity index (χ1v) is 7.79. The van der Waals surface area contributed by atoms with Crippen molar-refractivity contribution in [3.05, 3.63) is 47.5 Å². The summed E-state index contributed by atoms with van der Waals surface area (Å²) in [6.07, 6.45) is 0. The van der Waals surface area contributed by atoms with Gasteiger partial charge in [-0.15, -0.1) is 0 Å². The lowest BCUT2D eigenvalue weighted by molar-refractivity contribution is -0.147. The zero-order chi connectivity index (χ0) is 18.3. The van der Waals surface area contributed by atoms with Crippen LogP contribution in [0.5, 0.6) is 23.0 Å². The number of aliphatic carboxylic acids is 2. The average Bonchev–Trinajstić information content (AvgIpc) is 3.26. The molecule has 2 aromatic carbocycles. The Morgan fingerprint density at radius 2 is 1.08 bits per heavy atom. The summed E-state index contributed by atoms with van der Waals surface area (Å²) in [6.45, 7) is 0.0854. The van der Waals surface area contributed by atoms with Gasteiger partial charge in [0.15, 0.2) is 23.0 Å². The van der Waals surface area contributed by atoms with Crippen molar-refractivity contribution < 1.29 is 38.7 Å². The number of fused-ring (bicyclic) bond motifs is 2. The van der Waals surface area contributed by atoms with Crippen LogP contribution in [0.2, 0.25) is 0 Å². The molecule has 2 unspecified atom stereocenters. The number of hydrogen-bond donors (Lipinski definition) is 2. The van der Waals surface area contributed by atoms with Crippen molar-refractivity contribution in [2.24, 2.45) is 0 Å². The standard InChI is InChI=1S/C18H14O8/c19-17(20)15(9-1-3-11-13(5-9)25-7-23-11)16(18(21)22)10-2-4-12-14(6-10)26-8-24-12/h1-6,15-16H,7-8H2,(H,19,20)(H,21,22). The van der Waals surface area contributed by atoms with Crippen LogP contribution in [-0.2, 0) is 9.59 Å². The van der Waals surface area contributed by atoms with Crippen molar-refractivity contribution in [1.82, 2.24) is 0 Å². The Bertz CT molecular complexity index is 817. The smallest absolute Gasteiger partial charge is 0.312 e. The van der Waals surface area contributed by atoms with Crippen LogP contribution in [0.15, 0.2) is 36.4 Å². The second-order valence-electron chi connectivity index (χ2n) is 5.86. The molecule has 2 atom stereocenters. The van der Waals surface area contributed by atoms with E-state index in [0.717, 1.165) is 0 Å². The van der Waals surface area contributed by atoms with Gasteiger partial charge in [-0.05, 0) is 35.4 Å². The first-order valence-electron chi connectivity index (χ1n) is 7.79. The fourth-order valence-corrected chi connectivity index (χ4v) is 3.17. The maximum Gasteiger partial charge on any atom is 0.312 e. The van der Waals surface area contributed by atoms with E-state index in [9.17, 15) is 19.8 Å². The molecule has 0 bridgehead atoms. The number of benzene rings is 2. The number of rotatable bonds is 5. The van der Waals surface area contributed by atoms with E-state index in [-0.39, 0.29) is 13.6 Å². The highest BCUT2D eigenvalue weighted by molar-refractivity contribution is 5.88. The van der Waals surface area contributed by atoms with E-state index in [4.69, 9.17) is 18.9 Å². The molecule has 0 saturated heterocycles. The van der Waals surface area contributed by atoms with Crippen molar-refractivity contribution in [2.45, 2.75) is 11.8 Å². The Hall–Kier alpha value is -3.42. The van der Waals surface area contributed by atoms with Crippen molar-refractivity contribution in [3.63, 3.8) is 0 Å². The molecule has 0 aliphatic carbocycles. The summed E-state index contributed by atoms with van der Waals surface area (Å²) in [7, 11) is 0. The van der Waals surface area contributed by atoms with E-state index in [1.807, 2.05) is 0 Å². The summed E-state index contributed by atoms with van der Waals surface area (Å²) in [5.41, 5.74) is 0.624. The third-order valence-electron chi connectivity index (χ3n) is 4.38. The molecular formula is C18H14O8. The van der Waals surface area contributed by atoms with Crippen LogP contribution in [0.3, 0.4) is 0 Å². The quantitative estimate of drug-likeness (QED) is 0.836. The summed E-state index contributed by atoms with van der Waals surface area (Å²) >= 11 is 0. The molecule has 2 aliphatic rings. The molecule has 2 N–H and O–H groups in total. The van der Waals surface area contributed by atoms with E-state index in [1.165, 1.54) is 24.3 Å². The lowest BCUT2D eigenvalue weighted by Crippen LogP contribution is -2.26. The second-order valence-corrected chi connectivity index (χ2v) is 5.86. The van der Waals surface area contributed by atoms with Gasteiger partial charge >= 0.3 is 11.9 Å². The largest absolute Gasteiger partial charge is 0.481 e. The molecule has 0 radical (unpaired) electrons. The van der Waals surface area contributed by atoms with Crippen LogP contribution in [-0.4, -0.2) is 35.7 Å². The Morgan fingerprint density at radius 3 is 1.46 bits per heavy atom. The Balaban J connectivity index is 1.77. The maximum atomic E-state index is 12.0. The summed E-state index contributed by atoms with van der Waals surface area (Å²) in [6, 6.07) is 9.23. The number of carboxylic acid groups (broad SMARTS) is 2. The van der Waals surface area contributed by atoms with Crippen LogP contribution >= 0.6 is 0 Å². The highest BCUT2D eigenvalue weighted by Gasteiger charge is 2.38. The predicted octanol–water partition coefficient (Wildman–Crippen LogP) is 2.18. The highest BCUT2D eigenvalue weighted by Crippen LogP contribution is 2.42. The molecule has 26 heavy (non-hydrogen) atoms. The number of ether oxygens (including phenoxy) is 4. The molecule has 2 aromatic rings. The van der Waals surface area contributed by atoms with Crippen LogP contribution < -0.4 is 18.9 Å². The number of carboxylic acids is 2. The SMILES string of the molecule is O=C(O)C(c1ccc2c(c1)OCO2)C(C(=O)O)c1ccc2c(c1)OCO2. The third kappa shape index (κ3) is 2.65. The van der Waals surface area contributed by atoms with Gasteiger partial charge in [0.25, 0.3) is 0 Å². The molecule has 8 nitrogen and oxygen atoms in total. The number of hydrogen-bond acceptors (Lipinski definition) is 6. The molecule has 134 valence electrons. The zero-order valence-corrected chi connectivity index (χ0v) is 13.4. The Labute approximate surface area is 147 Å². The third-order valence-corrected chi connectivity index (χ3v) is 4.38. The van der Waals surface area contributed by atoms with Crippen LogP contribution in [0.1, 0.15) is 23.0 Å². The van der Waals surface area contributed by atoms with E-state index >= 15 is 0 Å². The van der Waals surface area contributed by atoms with E-state index in [0.29, 0.717) is 34.1 Å². The Morgan fingerprint density at radius 1 is 0.692 bits per heavy atom. The molecule has 0 spiro atoms. The molecule has 0 saturated carbocycles. The van der Waals surface area contributed by atoms with E-state index in [1.54, 1.807) is 12.1 Å². The van der Waals surface area contributed by atoms with Gasteiger partial charge in [-0.3, -0.25) is 9.59 Å². The topological polar surface area (TPSA) is 112 Å². The van der Waals surface area contributed by atoms with Gasteiger partial charge in [0, 0.05) is 0 Å². The lowest BCUT2D eigenvalue weighted by Gasteiger charge is -2.21. The van der Waals surface area contributed by atoms with Gasteiger partial charge in [-0.1, -0.05) is 12.1 Å². The fraction of sp³-hybridized carbons (Fsp3) is 0.222. The van der Waals surface area contributed by atoms with Crippen LogP contribution in [0.4, 0.5) is 0 Å². The summed E-state index contributed by atoms with van der Waals surface area (Å²) in [5, 5.41) is 19.5. The normalized spacial score (nSPS) is 16.2. The van der Waals surface area contributed by atoms with Crippen molar-refractivity contribution in [2.75, 3.05) is 13.6 Å². The van der Waals surface area contributed by atoms with Crippen molar-refractivity contribution >= 4 is 11.9 Å². The van der Waals surface area contributed by atoms with Gasteiger partial charge < -0.3 is 29.2 Å². The summed E-state index contributed by atoms with van der Waals surface area (Å²) < 4.78 is 21.0. The summed E-state index contributed by atoms with van der Waals surface area (Å²) in [5.74, 6) is -3.37. The molecule has 8 heteroatoms. The first-order chi connectivity index (χ1) is 12.5. The highest BCUT2D eigenvalue weighted by atomic mass is 16.7. The molecule has 0 fully saturated rings. The van der Waals surface area contributed by atoms with Gasteiger partial charge in [0.2, 0.25) is 13.6 Å². The first kappa shape index (κ1) is 16.1. The predicted molar refractivity (Wildman–Crippen MR) is 85.9 cm³/mol. The maximum absolute atomic E-state index is 12.0. The molecule has 4 rings (SSSR count). The van der Waals surface area contributed by atoms with E-state index in [2.05, 4.69) is 0 Å². The second kappa shape index (κ2) is 6.14. The molecular weight excluding hydrogens is 344 g/mol. The molecule has 0 amide bonds. The van der Waals surface area contributed by atoms with Gasteiger partial charge in [-0.25, -0.2) is 0 Å². The molecule has 2 aliphatic heterocycles. The Kier molecular flexibility index (Phi) is 3.80. The molecule has 2 heterocycles. The zero-order valence-electron chi connectivity index (χ0n) is 13.4. The minimum Gasteiger partial charge on any atom is -0.481 e. The molecule has 0 aromatic heterocycles. The van der Waals surface area contributed by atoms with Gasteiger partial charge in [0.1, 0.15) is 0 Å². The van der Waals surface area contributed by atoms with E-state index < -0.39 is 23.8 Å². The minimum absolute atomic E-state index is 0.0427. The minimum atomic E-state index is -1.32. The van der Waals surface area contributed by atoms with Crippen LogP contribution in [0.25, 0.3) is 0 Å². The van der Waals surface area contributed by atoms with Gasteiger partial charge in [-0.2, -0.15) is 0 Å². The summed E-state index contributed by atoms with van der Waals surface area (Å²) in [4.78, 5) is 23.9. The monoisotopic (exact) mass is 358 g/mol. The fourth-order valence-electron chi connectivity index (χ4n) is 3.17. The van der Waals surface area contributed by atoms with Crippen molar-refractivity contribution in [1.29, 1.82) is 0 Å². The number of carbonyl (C=O) groups is 2. The van der Waals surface area contributed by atoms with Crippen molar-refractivity contribution in [3.8, 4) is 23.0 Å². The van der Waals surface area contributed by atoms with Crippen LogP contribution in [0, 0.1) is 0 Å². The van der Waals surface area contributed by atoms with Gasteiger partial charge in [0.05, 0.1) is 11.8 Å². The lowest BCUT2D eigenvalue weighted by atomic mass is 9.81. The average molecular weight is 358 g/mol.